The Morgan fingerprint density at radius 2 is 1.82 bits per heavy atom. The SMILES string of the molecule is COc1ccc(Nc2ccc(C(=O)c3cc(-n4cc(CCO)nn4)ccc3C)c(Cl)c2)cc1. The highest BCUT2D eigenvalue weighted by molar-refractivity contribution is 6.35. The summed E-state index contributed by atoms with van der Waals surface area (Å²) in [7, 11) is 1.62. The first kappa shape index (κ1) is 22.5. The first-order chi connectivity index (χ1) is 16.0. The zero-order valence-corrected chi connectivity index (χ0v) is 19.0. The third kappa shape index (κ3) is 5.05. The standard InChI is InChI=1S/C25H23ClN4O3/c1-16-3-7-20(30-15-19(11-12-31)28-29-30)14-23(16)25(32)22-10-6-18(13-24(22)26)27-17-4-8-21(33-2)9-5-17/h3-10,13-15,27,31H,11-12H2,1-2H3. The van der Waals surface area contributed by atoms with E-state index in [0.717, 1.165) is 22.7 Å². The summed E-state index contributed by atoms with van der Waals surface area (Å²) in [6, 6.07) is 18.3. The third-order valence-electron chi connectivity index (χ3n) is 5.23. The third-order valence-corrected chi connectivity index (χ3v) is 5.54. The van der Waals surface area contributed by atoms with Crippen LogP contribution in [0, 0.1) is 6.92 Å². The second-order valence-electron chi connectivity index (χ2n) is 7.50. The van der Waals surface area contributed by atoms with Gasteiger partial charge in [-0.25, -0.2) is 4.68 Å². The summed E-state index contributed by atoms with van der Waals surface area (Å²) in [5, 5.41) is 20.8. The zero-order chi connectivity index (χ0) is 23.4. The molecule has 168 valence electrons. The van der Waals surface area contributed by atoms with Crippen LogP contribution in [0.2, 0.25) is 5.02 Å². The average Bonchev–Trinajstić information content (AvgIpc) is 3.28. The normalized spacial score (nSPS) is 10.8. The van der Waals surface area contributed by atoms with Crippen molar-refractivity contribution in [1.29, 1.82) is 0 Å². The maximum Gasteiger partial charge on any atom is 0.194 e. The summed E-state index contributed by atoms with van der Waals surface area (Å²) < 4.78 is 6.76. The molecule has 3 aromatic carbocycles. The lowest BCUT2D eigenvalue weighted by Gasteiger charge is -2.12. The van der Waals surface area contributed by atoms with Crippen LogP contribution in [0.1, 0.15) is 27.2 Å². The van der Waals surface area contributed by atoms with Gasteiger partial charge in [-0.15, -0.1) is 5.10 Å². The topological polar surface area (TPSA) is 89.3 Å². The van der Waals surface area contributed by atoms with E-state index in [1.807, 2.05) is 49.4 Å². The van der Waals surface area contributed by atoms with Gasteiger partial charge in [-0.2, -0.15) is 0 Å². The number of nitrogens with one attached hydrogen (secondary N) is 1. The van der Waals surface area contributed by atoms with Crippen LogP contribution in [0.5, 0.6) is 5.75 Å². The van der Waals surface area contributed by atoms with E-state index in [1.54, 1.807) is 36.2 Å². The van der Waals surface area contributed by atoms with Crippen molar-refractivity contribution in [2.75, 3.05) is 19.0 Å². The predicted octanol–water partition coefficient (Wildman–Crippen LogP) is 4.75. The van der Waals surface area contributed by atoms with Gasteiger partial charge in [0.2, 0.25) is 0 Å². The summed E-state index contributed by atoms with van der Waals surface area (Å²) in [5.41, 5.74) is 4.80. The van der Waals surface area contributed by atoms with Crippen molar-refractivity contribution in [2.24, 2.45) is 0 Å². The molecule has 0 radical (unpaired) electrons. The highest BCUT2D eigenvalue weighted by atomic mass is 35.5. The fourth-order valence-corrected chi connectivity index (χ4v) is 3.68. The molecule has 0 unspecified atom stereocenters. The minimum absolute atomic E-state index is 0.00184. The largest absolute Gasteiger partial charge is 0.497 e. The van der Waals surface area contributed by atoms with Gasteiger partial charge >= 0.3 is 0 Å². The van der Waals surface area contributed by atoms with E-state index in [-0.39, 0.29) is 12.4 Å². The smallest absolute Gasteiger partial charge is 0.194 e. The zero-order valence-electron chi connectivity index (χ0n) is 18.2. The van der Waals surface area contributed by atoms with Crippen LogP contribution in [0.3, 0.4) is 0 Å². The van der Waals surface area contributed by atoms with Crippen molar-refractivity contribution in [2.45, 2.75) is 13.3 Å². The van der Waals surface area contributed by atoms with Crippen LogP contribution in [-0.4, -0.2) is 39.6 Å². The lowest BCUT2D eigenvalue weighted by atomic mass is 9.98. The first-order valence-corrected chi connectivity index (χ1v) is 10.7. The Bertz CT molecular complexity index is 1290. The molecule has 0 aliphatic heterocycles. The molecule has 0 saturated carbocycles. The number of hydrogen-bond donors (Lipinski definition) is 2. The fraction of sp³-hybridized carbons (Fsp3) is 0.160. The van der Waals surface area contributed by atoms with Gasteiger partial charge in [0.15, 0.2) is 5.78 Å². The van der Waals surface area contributed by atoms with Crippen molar-refractivity contribution >= 4 is 28.8 Å². The molecule has 0 amide bonds. The molecule has 1 aromatic heterocycles. The monoisotopic (exact) mass is 462 g/mol. The van der Waals surface area contributed by atoms with Crippen molar-refractivity contribution in [3.8, 4) is 11.4 Å². The Balaban J connectivity index is 1.58. The van der Waals surface area contributed by atoms with E-state index in [0.29, 0.717) is 34.0 Å². The number of ketones is 1. The minimum atomic E-state index is -0.175. The van der Waals surface area contributed by atoms with Gasteiger partial charge in [-0.3, -0.25) is 4.79 Å². The van der Waals surface area contributed by atoms with E-state index in [9.17, 15) is 4.79 Å². The molecule has 0 fully saturated rings. The predicted molar refractivity (Wildman–Crippen MR) is 128 cm³/mol. The lowest BCUT2D eigenvalue weighted by molar-refractivity contribution is 0.103. The van der Waals surface area contributed by atoms with Crippen LogP contribution in [0.4, 0.5) is 11.4 Å². The number of aliphatic hydroxyl groups excluding tert-OH is 1. The number of halogens is 1. The lowest BCUT2D eigenvalue weighted by Crippen LogP contribution is -2.07. The summed E-state index contributed by atoms with van der Waals surface area (Å²) in [5.74, 6) is 0.596. The van der Waals surface area contributed by atoms with Crippen LogP contribution in [0.25, 0.3) is 5.69 Å². The maximum absolute atomic E-state index is 13.3. The number of methoxy groups -OCH3 is 1. The molecule has 2 N–H and O–H groups in total. The summed E-state index contributed by atoms with van der Waals surface area (Å²) in [6.45, 7) is 1.88. The number of anilines is 2. The molecular weight excluding hydrogens is 440 g/mol. The second-order valence-corrected chi connectivity index (χ2v) is 7.91. The molecule has 8 heteroatoms. The van der Waals surface area contributed by atoms with Gasteiger partial charge in [0.05, 0.1) is 29.7 Å². The van der Waals surface area contributed by atoms with Gasteiger partial charge < -0.3 is 15.2 Å². The van der Waals surface area contributed by atoms with E-state index < -0.39 is 0 Å². The van der Waals surface area contributed by atoms with E-state index >= 15 is 0 Å². The number of benzene rings is 3. The highest BCUT2D eigenvalue weighted by Crippen LogP contribution is 2.28. The van der Waals surface area contributed by atoms with Crippen molar-refractivity contribution in [3.05, 3.63) is 94.3 Å². The Morgan fingerprint density at radius 3 is 2.52 bits per heavy atom. The molecular formula is C25H23ClN4O3. The number of nitrogens with zero attached hydrogens (tertiary/aromatic N) is 3. The molecule has 4 aromatic rings. The van der Waals surface area contributed by atoms with Gasteiger partial charge in [0.1, 0.15) is 5.75 Å². The van der Waals surface area contributed by atoms with E-state index in [2.05, 4.69) is 15.6 Å². The molecule has 4 rings (SSSR count). The number of carbonyl (C=O) groups is 1. The Morgan fingerprint density at radius 1 is 1.06 bits per heavy atom. The molecule has 0 saturated heterocycles. The van der Waals surface area contributed by atoms with E-state index in [1.165, 1.54) is 0 Å². The number of rotatable bonds is 8. The van der Waals surface area contributed by atoms with Gasteiger partial charge in [0, 0.05) is 35.5 Å². The number of aliphatic hydroxyl groups is 1. The molecule has 0 atom stereocenters. The summed E-state index contributed by atoms with van der Waals surface area (Å²) in [6.07, 6.45) is 2.16. The Hall–Kier alpha value is -3.68. The van der Waals surface area contributed by atoms with Crippen LogP contribution >= 0.6 is 11.6 Å². The quantitative estimate of drug-likeness (QED) is 0.367. The second kappa shape index (κ2) is 9.85. The Kier molecular flexibility index (Phi) is 6.72. The molecule has 33 heavy (non-hydrogen) atoms. The molecule has 1 heterocycles. The number of aromatic nitrogens is 3. The van der Waals surface area contributed by atoms with Crippen molar-refractivity contribution in [3.63, 3.8) is 0 Å². The molecule has 0 aliphatic rings. The van der Waals surface area contributed by atoms with Crippen LogP contribution in [0.15, 0.2) is 66.9 Å². The van der Waals surface area contributed by atoms with Gasteiger partial charge in [-0.1, -0.05) is 22.9 Å². The van der Waals surface area contributed by atoms with Crippen LogP contribution < -0.4 is 10.1 Å². The van der Waals surface area contributed by atoms with Crippen LogP contribution in [-0.2, 0) is 6.42 Å². The molecule has 0 spiro atoms. The fourth-order valence-electron chi connectivity index (χ4n) is 3.41. The number of hydrogen-bond acceptors (Lipinski definition) is 6. The van der Waals surface area contributed by atoms with Gasteiger partial charge in [-0.05, 0) is 67.1 Å². The molecule has 0 aliphatic carbocycles. The number of ether oxygens (including phenoxy) is 1. The Labute approximate surface area is 196 Å². The van der Waals surface area contributed by atoms with E-state index in [4.69, 9.17) is 21.4 Å². The summed E-state index contributed by atoms with van der Waals surface area (Å²) in [4.78, 5) is 13.3. The molecule has 0 bridgehead atoms. The average molecular weight is 463 g/mol. The number of aryl methyl sites for hydroxylation is 1. The minimum Gasteiger partial charge on any atom is -0.497 e. The molecule has 7 nitrogen and oxygen atoms in total. The summed E-state index contributed by atoms with van der Waals surface area (Å²) >= 11 is 6.50. The van der Waals surface area contributed by atoms with Gasteiger partial charge in [0.25, 0.3) is 0 Å². The highest BCUT2D eigenvalue weighted by Gasteiger charge is 2.17. The number of carbonyl (C=O) groups excluding carboxylic acids is 1. The first-order valence-electron chi connectivity index (χ1n) is 10.4. The van der Waals surface area contributed by atoms with Crippen molar-refractivity contribution < 1.29 is 14.6 Å². The van der Waals surface area contributed by atoms with Crippen molar-refractivity contribution in [1.82, 2.24) is 15.0 Å². The maximum atomic E-state index is 13.3.